The third-order valence-corrected chi connectivity index (χ3v) is 8.14. The molecule has 4 aromatic rings. The standard InChI is InChI=1S/C25H22ClN3O4S2/c1-32-17-10-15(11-18(12-17)33-2)27-21(30)13-34-25-28-23-22(19-4-3-5-20(19)35-23)24(31)29(25)16-8-6-14(26)7-9-16/h6-12H,3-5,13H2,1-2H3,(H,27,30). The zero-order valence-electron chi connectivity index (χ0n) is 19.1. The molecule has 5 rings (SSSR count). The van der Waals surface area contributed by atoms with E-state index in [0.29, 0.717) is 38.4 Å². The highest BCUT2D eigenvalue weighted by molar-refractivity contribution is 7.99. The first kappa shape index (κ1) is 23.7. The number of carbonyl (C=O) groups is 1. The lowest BCUT2D eigenvalue weighted by molar-refractivity contribution is -0.113. The van der Waals surface area contributed by atoms with Crippen molar-refractivity contribution in [3.63, 3.8) is 0 Å². The van der Waals surface area contributed by atoms with Gasteiger partial charge in [-0.05, 0) is 49.1 Å². The van der Waals surface area contributed by atoms with Crippen LogP contribution >= 0.6 is 34.7 Å². The molecular formula is C25H22ClN3O4S2. The van der Waals surface area contributed by atoms with Gasteiger partial charge in [0.15, 0.2) is 5.16 Å². The Bertz CT molecular complexity index is 1460. The van der Waals surface area contributed by atoms with Gasteiger partial charge in [0, 0.05) is 33.8 Å². The van der Waals surface area contributed by atoms with Crippen molar-refractivity contribution in [1.29, 1.82) is 0 Å². The molecule has 0 unspecified atom stereocenters. The third-order valence-electron chi connectivity index (χ3n) is 5.76. The smallest absolute Gasteiger partial charge is 0.267 e. The van der Waals surface area contributed by atoms with Gasteiger partial charge in [-0.25, -0.2) is 4.98 Å². The van der Waals surface area contributed by atoms with Crippen LogP contribution in [0.2, 0.25) is 5.02 Å². The third kappa shape index (κ3) is 4.76. The van der Waals surface area contributed by atoms with Crippen LogP contribution in [0.4, 0.5) is 5.69 Å². The van der Waals surface area contributed by atoms with E-state index in [2.05, 4.69) is 5.32 Å². The number of methoxy groups -OCH3 is 2. The minimum absolute atomic E-state index is 0.0656. The fourth-order valence-corrected chi connectivity index (χ4v) is 6.39. The summed E-state index contributed by atoms with van der Waals surface area (Å²) >= 11 is 8.87. The first-order valence-electron chi connectivity index (χ1n) is 11.0. The van der Waals surface area contributed by atoms with Crippen molar-refractivity contribution in [3.05, 3.63) is 68.3 Å². The van der Waals surface area contributed by atoms with Crippen LogP contribution in [0.15, 0.2) is 52.4 Å². The van der Waals surface area contributed by atoms with Gasteiger partial charge in [-0.15, -0.1) is 11.3 Å². The van der Waals surface area contributed by atoms with Crippen LogP contribution in [0.3, 0.4) is 0 Å². The highest BCUT2D eigenvalue weighted by atomic mass is 35.5. The second-order valence-electron chi connectivity index (χ2n) is 7.99. The zero-order chi connectivity index (χ0) is 24.5. The lowest BCUT2D eigenvalue weighted by Crippen LogP contribution is -2.23. The zero-order valence-corrected chi connectivity index (χ0v) is 21.5. The Morgan fingerprint density at radius 1 is 1.14 bits per heavy atom. The number of nitrogens with one attached hydrogen (secondary N) is 1. The minimum Gasteiger partial charge on any atom is -0.497 e. The van der Waals surface area contributed by atoms with Crippen LogP contribution in [0.5, 0.6) is 11.5 Å². The van der Waals surface area contributed by atoms with Gasteiger partial charge in [0.1, 0.15) is 16.3 Å². The van der Waals surface area contributed by atoms with Crippen LogP contribution in [-0.2, 0) is 17.6 Å². The van der Waals surface area contributed by atoms with E-state index in [9.17, 15) is 9.59 Å². The van der Waals surface area contributed by atoms with Gasteiger partial charge in [0.2, 0.25) is 5.91 Å². The Morgan fingerprint density at radius 3 is 2.54 bits per heavy atom. The van der Waals surface area contributed by atoms with Gasteiger partial charge in [-0.2, -0.15) is 0 Å². The van der Waals surface area contributed by atoms with E-state index in [0.717, 1.165) is 29.7 Å². The van der Waals surface area contributed by atoms with Crippen molar-refractivity contribution in [2.75, 3.05) is 25.3 Å². The number of benzene rings is 2. The van der Waals surface area contributed by atoms with Gasteiger partial charge < -0.3 is 14.8 Å². The number of rotatable bonds is 7. The molecule has 1 amide bonds. The highest BCUT2D eigenvalue weighted by Gasteiger charge is 2.24. The molecule has 2 heterocycles. The fourth-order valence-electron chi connectivity index (χ4n) is 4.15. The summed E-state index contributed by atoms with van der Waals surface area (Å²) < 4.78 is 12.1. The normalized spacial score (nSPS) is 12.5. The molecule has 0 atom stereocenters. The van der Waals surface area contributed by atoms with E-state index in [-0.39, 0.29) is 17.2 Å². The highest BCUT2D eigenvalue weighted by Crippen LogP contribution is 2.36. The summed E-state index contributed by atoms with van der Waals surface area (Å²) in [6.07, 6.45) is 2.93. The molecule has 1 aliphatic rings. The Kier molecular flexibility index (Phi) is 6.73. The predicted molar refractivity (Wildman–Crippen MR) is 141 cm³/mol. The molecule has 35 heavy (non-hydrogen) atoms. The van der Waals surface area contributed by atoms with Gasteiger partial charge in [0.25, 0.3) is 5.56 Å². The van der Waals surface area contributed by atoms with Gasteiger partial charge in [0.05, 0.1) is 31.0 Å². The number of hydrogen-bond acceptors (Lipinski definition) is 7. The second kappa shape index (κ2) is 9.93. The molecule has 0 spiro atoms. The molecule has 0 bridgehead atoms. The first-order chi connectivity index (χ1) is 17.0. The van der Waals surface area contributed by atoms with Gasteiger partial charge in [-0.3, -0.25) is 14.2 Å². The van der Waals surface area contributed by atoms with E-state index in [1.807, 2.05) is 0 Å². The van der Waals surface area contributed by atoms with Crippen molar-refractivity contribution in [1.82, 2.24) is 9.55 Å². The fraction of sp³-hybridized carbons (Fsp3) is 0.240. The number of anilines is 1. The molecule has 0 saturated carbocycles. The number of nitrogens with zero attached hydrogens (tertiary/aromatic N) is 2. The van der Waals surface area contributed by atoms with E-state index >= 15 is 0 Å². The lowest BCUT2D eigenvalue weighted by atomic mass is 10.2. The Labute approximate surface area is 215 Å². The van der Waals surface area contributed by atoms with E-state index in [1.54, 1.807) is 72.6 Å². The summed E-state index contributed by atoms with van der Waals surface area (Å²) in [6.45, 7) is 0. The molecule has 0 aliphatic heterocycles. The van der Waals surface area contributed by atoms with Crippen molar-refractivity contribution >= 4 is 56.5 Å². The number of halogens is 1. The topological polar surface area (TPSA) is 82.5 Å². The van der Waals surface area contributed by atoms with E-state index < -0.39 is 0 Å². The van der Waals surface area contributed by atoms with Crippen molar-refractivity contribution in [2.24, 2.45) is 0 Å². The first-order valence-corrected chi connectivity index (χ1v) is 13.1. The molecule has 7 nitrogen and oxygen atoms in total. The van der Waals surface area contributed by atoms with E-state index in [4.69, 9.17) is 26.1 Å². The van der Waals surface area contributed by atoms with Crippen LogP contribution in [-0.4, -0.2) is 35.4 Å². The summed E-state index contributed by atoms with van der Waals surface area (Å²) in [6, 6.07) is 12.2. The summed E-state index contributed by atoms with van der Waals surface area (Å²) in [5, 5.41) is 4.59. The number of amides is 1. The average Bonchev–Trinajstić information content (AvgIpc) is 3.44. The predicted octanol–water partition coefficient (Wildman–Crippen LogP) is 5.34. The number of aryl methyl sites for hydroxylation is 2. The van der Waals surface area contributed by atoms with Crippen molar-refractivity contribution in [2.45, 2.75) is 24.4 Å². The maximum Gasteiger partial charge on any atom is 0.267 e. The maximum absolute atomic E-state index is 13.7. The molecule has 1 aliphatic carbocycles. The number of thiophene rings is 1. The molecule has 1 N–H and O–H groups in total. The Balaban J connectivity index is 1.47. The molecule has 2 aromatic heterocycles. The molecule has 10 heteroatoms. The number of aromatic nitrogens is 2. The Morgan fingerprint density at radius 2 is 1.86 bits per heavy atom. The number of hydrogen-bond donors (Lipinski definition) is 1. The van der Waals surface area contributed by atoms with Crippen LogP contribution in [0.1, 0.15) is 16.9 Å². The number of fused-ring (bicyclic) bond motifs is 3. The quantitative estimate of drug-likeness (QED) is 0.258. The Hall–Kier alpha value is -3.01. The monoisotopic (exact) mass is 527 g/mol. The number of carbonyl (C=O) groups excluding carboxylic acids is 1. The van der Waals surface area contributed by atoms with Gasteiger partial charge in [-0.1, -0.05) is 23.4 Å². The second-order valence-corrected chi connectivity index (χ2v) is 10.4. The summed E-state index contributed by atoms with van der Waals surface area (Å²) in [5.74, 6) is 0.968. The average molecular weight is 528 g/mol. The summed E-state index contributed by atoms with van der Waals surface area (Å²) in [7, 11) is 3.10. The molecular weight excluding hydrogens is 506 g/mol. The number of ether oxygens (including phenoxy) is 2. The molecule has 0 fully saturated rings. The minimum atomic E-state index is -0.240. The van der Waals surface area contributed by atoms with Crippen molar-refractivity contribution in [3.8, 4) is 17.2 Å². The largest absolute Gasteiger partial charge is 0.497 e. The van der Waals surface area contributed by atoms with Crippen LogP contribution in [0, 0.1) is 0 Å². The van der Waals surface area contributed by atoms with Crippen LogP contribution in [0.25, 0.3) is 15.9 Å². The van der Waals surface area contributed by atoms with Gasteiger partial charge >= 0.3 is 0 Å². The molecule has 0 saturated heterocycles. The summed E-state index contributed by atoms with van der Waals surface area (Å²) in [5.41, 5.74) is 2.22. The van der Waals surface area contributed by atoms with Crippen LogP contribution < -0.4 is 20.3 Å². The molecule has 0 radical (unpaired) electrons. The maximum atomic E-state index is 13.7. The molecule has 180 valence electrons. The van der Waals surface area contributed by atoms with E-state index in [1.165, 1.54) is 16.6 Å². The summed E-state index contributed by atoms with van der Waals surface area (Å²) in [4.78, 5) is 33.3. The lowest BCUT2D eigenvalue weighted by Gasteiger charge is -2.13. The SMILES string of the molecule is COc1cc(NC(=O)CSc2nc3sc4c(c3c(=O)n2-c2ccc(Cl)cc2)CCC4)cc(OC)c1. The molecule has 2 aromatic carbocycles. The number of thioether (sulfide) groups is 1. The van der Waals surface area contributed by atoms with Crippen molar-refractivity contribution < 1.29 is 14.3 Å².